The number of rotatable bonds is 8. The lowest BCUT2D eigenvalue weighted by atomic mass is 10.2. The van der Waals surface area contributed by atoms with Gasteiger partial charge < -0.3 is 14.5 Å². The zero-order chi connectivity index (χ0) is 16.7. The van der Waals surface area contributed by atoms with Crippen molar-refractivity contribution in [2.45, 2.75) is 26.7 Å². The molecule has 128 valence electrons. The van der Waals surface area contributed by atoms with Crippen molar-refractivity contribution in [2.75, 3.05) is 45.9 Å². The summed E-state index contributed by atoms with van der Waals surface area (Å²) in [6.07, 6.45) is 2.20. The Balaban J connectivity index is 1.62. The SMILES string of the molecule is CC[NH+]1CC[NH+](CCCCOc2ccc([N+](=O)[O-])c(C)c2)CC1. The number of nitro groups is 1. The third kappa shape index (κ3) is 5.48. The van der Waals surface area contributed by atoms with Crippen molar-refractivity contribution in [1.29, 1.82) is 0 Å². The summed E-state index contributed by atoms with van der Waals surface area (Å²) in [4.78, 5) is 13.9. The fraction of sp³-hybridized carbons (Fsp3) is 0.647. The van der Waals surface area contributed by atoms with Crippen molar-refractivity contribution >= 4 is 5.69 Å². The number of likely N-dealkylation sites (N-methyl/N-ethyl adjacent to an activating group) is 1. The molecule has 0 atom stereocenters. The van der Waals surface area contributed by atoms with Crippen LogP contribution in [0.4, 0.5) is 5.69 Å². The Hall–Kier alpha value is -1.66. The maximum absolute atomic E-state index is 10.8. The van der Waals surface area contributed by atoms with Crippen LogP contribution < -0.4 is 14.5 Å². The first-order valence-electron chi connectivity index (χ1n) is 8.65. The molecule has 1 aliphatic rings. The van der Waals surface area contributed by atoms with Crippen LogP contribution in [0.2, 0.25) is 0 Å². The number of aryl methyl sites for hydroxylation is 1. The van der Waals surface area contributed by atoms with Gasteiger partial charge in [0.1, 0.15) is 31.9 Å². The Morgan fingerprint density at radius 2 is 1.87 bits per heavy atom. The molecule has 0 aliphatic carbocycles. The van der Waals surface area contributed by atoms with Crippen molar-refractivity contribution in [2.24, 2.45) is 0 Å². The van der Waals surface area contributed by atoms with Crippen LogP contribution in [0.25, 0.3) is 0 Å². The lowest BCUT2D eigenvalue weighted by Crippen LogP contribution is -3.28. The van der Waals surface area contributed by atoms with Gasteiger partial charge in [-0.15, -0.1) is 0 Å². The third-order valence-electron chi connectivity index (χ3n) is 4.72. The van der Waals surface area contributed by atoms with E-state index in [2.05, 4.69) is 6.92 Å². The van der Waals surface area contributed by atoms with Gasteiger partial charge in [0.2, 0.25) is 0 Å². The number of hydrogen-bond donors (Lipinski definition) is 2. The third-order valence-corrected chi connectivity index (χ3v) is 4.72. The molecule has 0 amide bonds. The summed E-state index contributed by atoms with van der Waals surface area (Å²) in [6.45, 7) is 12.3. The highest BCUT2D eigenvalue weighted by Crippen LogP contribution is 2.23. The molecule has 0 unspecified atom stereocenters. The quantitative estimate of drug-likeness (QED) is 0.398. The van der Waals surface area contributed by atoms with E-state index in [9.17, 15) is 10.1 Å². The summed E-state index contributed by atoms with van der Waals surface area (Å²) in [6, 6.07) is 4.95. The molecule has 0 saturated carbocycles. The van der Waals surface area contributed by atoms with Crippen LogP contribution in [0.5, 0.6) is 5.75 Å². The van der Waals surface area contributed by atoms with Crippen LogP contribution in [0.15, 0.2) is 18.2 Å². The van der Waals surface area contributed by atoms with E-state index in [1.807, 2.05) is 0 Å². The summed E-state index contributed by atoms with van der Waals surface area (Å²) in [5.41, 5.74) is 0.794. The van der Waals surface area contributed by atoms with E-state index in [1.165, 1.54) is 51.8 Å². The summed E-state index contributed by atoms with van der Waals surface area (Å²) < 4.78 is 5.71. The number of nitrogens with zero attached hydrogens (tertiary/aromatic N) is 1. The first-order valence-corrected chi connectivity index (χ1v) is 8.65. The van der Waals surface area contributed by atoms with Crippen molar-refractivity contribution in [3.05, 3.63) is 33.9 Å². The van der Waals surface area contributed by atoms with Crippen molar-refractivity contribution in [3.8, 4) is 5.75 Å². The number of nitro benzene ring substituents is 1. The normalized spacial score (nSPS) is 21.1. The van der Waals surface area contributed by atoms with Gasteiger partial charge in [0.25, 0.3) is 5.69 Å². The van der Waals surface area contributed by atoms with Gasteiger partial charge in [0.05, 0.1) is 24.6 Å². The fourth-order valence-electron chi connectivity index (χ4n) is 3.15. The van der Waals surface area contributed by atoms with Crippen LogP contribution >= 0.6 is 0 Å². The molecule has 2 rings (SSSR count). The minimum absolute atomic E-state index is 0.148. The number of benzene rings is 1. The first-order chi connectivity index (χ1) is 11.1. The zero-order valence-electron chi connectivity index (χ0n) is 14.3. The highest BCUT2D eigenvalue weighted by atomic mass is 16.6. The Labute approximate surface area is 138 Å². The molecule has 0 bridgehead atoms. The van der Waals surface area contributed by atoms with E-state index in [0.717, 1.165) is 12.2 Å². The molecule has 2 N–H and O–H groups in total. The van der Waals surface area contributed by atoms with Crippen molar-refractivity contribution in [3.63, 3.8) is 0 Å². The van der Waals surface area contributed by atoms with Crippen LogP contribution in [0, 0.1) is 17.0 Å². The molecule has 1 aromatic rings. The lowest BCUT2D eigenvalue weighted by Gasteiger charge is -2.28. The second-order valence-corrected chi connectivity index (χ2v) is 6.36. The molecule has 0 spiro atoms. The highest BCUT2D eigenvalue weighted by Gasteiger charge is 2.20. The molecule has 1 aromatic carbocycles. The van der Waals surface area contributed by atoms with E-state index < -0.39 is 0 Å². The molecular formula is C17H29N3O3+2. The molecule has 0 radical (unpaired) electrons. The van der Waals surface area contributed by atoms with E-state index in [0.29, 0.717) is 12.2 Å². The molecule has 1 saturated heterocycles. The predicted molar refractivity (Wildman–Crippen MR) is 89.4 cm³/mol. The number of ether oxygens (including phenoxy) is 1. The zero-order valence-corrected chi connectivity index (χ0v) is 14.3. The maximum atomic E-state index is 10.8. The second kappa shape index (κ2) is 8.84. The van der Waals surface area contributed by atoms with E-state index in [1.54, 1.807) is 28.9 Å². The van der Waals surface area contributed by atoms with Gasteiger partial charge in [-0.2, -0.15) is 0 Å². The van der Waals surface area contributed by atoms with Crippen molar-refractivity contribution < 1.29 is 19.5 Å². The number of piperazine rings is 1. The fourth-order valence-corrected chi connectivity index (χ4v) is 3.15. The Kier molecular flexibility index (Phi) is 6.80. The predicted octanol–water partition coefficient (Wildman–Crippen LogP) is -0.134. The molecule has 23 heavy (non-hydrogen) atoms. The van der Waals surface area contributed by atoms with E-state index in [-0.39, 0.29) is 10.6 Å². The van der Waals surface area contributed by atoms with Crippen LogP contribution in [-0.4, -0.2) is 50.8 Å². The van der Waals surface area contributed by atoms with Gasteiger partial charge in [0.15, 0.2) is 0 Å². The molecule has 0 aromatic heterocycles. The monoisotopic (exact) mass is 323 g/mol. The largest absolute Gasteiger partial charge is 0.494 e. The smallest absolute Gasteiger partial charge is 0.272 e. The highest BCUT2D eigenvalue weighted by molar-refractivity contribution is 5.44. The number of nitrogens with one attached hydrogen (secondary N) is 2. The topological polar surface area (TPSA) is 61.2 Å². The molecule has 1 heterocycles. The molecule has 6 nitrogen and oxygen atoms in total. The summed E-state index contributed by atoms with van der Waals surface area (Å²) in [7, 11) is 0. The van der Waals surface area contributed by atoms with Gasteiger partial charge in [0, 0.05) is 11.6 Å². The second-order valence-electron chi connectivity index (χ2n) is 6.36. The van der Waals surface area contributed by atoms with Gasteiger partial charge in [-0.3, -0.25) is 10.1 Å². The van der Waals surface area contributed by atoms with Gasteiger partial charge in [-0.25, -0.2) is 0 Å². The summed E-state index contributed by atoms with van der Waals surface area (Å²) in [5, 5.41) is 10.8. The summed E-state index contributed by atoms with van der Waals surface area (Å²) >= 11 is 0. The molecule has 6 heteroatoms. The molecule has 1 fully saturated rings. The minimum atomic E-state index is -0.359. The van der Waals surface area contributed by atoms with Gasteiger partial charge in [-0.05, 0) is 38.8 Å². The molecule has 1 aliphatic heterocycles. The van der Waals surface area contributed by atoms with Crippen LogP contribution in [0.3, 0.4) is 0 Å². The Bertz CT molecular complexity index is 514. The minimum Gasteiger partial charge on any atom is -0.494 e. The van der Waals surface area contributed by atoms with Crippen LogP contribution in [0.1, 0.15) is 25.3 Å². The average Bonchev–Trinajstić information content (AvgIpc) is 2.55. The van der Waals surface area contributed by atoms with Crippen LogP contribution in [-0.2, 0) is 0 Å². The Morgan fingerprint density at radius 1 is 1.17 bits per heavy atom. The van der Waals surface area contributed by atoms with Crippen molar-refractivity contribution in [1.82, 2.24) is 0 Å². The number of hydrogen-bond acceptors (Lipinski definition) is 3. The van der Waals surface area contributed by atoms with E-state index >= 15 is 0 Å². The average molecular weight is 323 g/mol. The standard InChI is InChI=1S/C17H27N3O3/c1-3-18-9-11-19(12-10-18)8-4-5-13-23-16-6-7-17(20(21)22)15(2)14-16/h6-7,14H,3-5,8-13H2,1-2H3/p+2. The van der Waals surface area contributed by atoms with E-state index in [4.69, 9.17) is 4.74 Å². The lowest BCUT2D eigenvalue weighted by molar-refractivity contribution is -1.01. The summed E-state index contributed by atoms with van der Waals surface area (Å²) in [5.74, 6) is 0.723. The maximum Gasteiger partial charge on any atom is 0.272 e. The molecular weight excluding hydrogens is 294 g/mol. The van der Waals surface area contributed by atoms with Gasteiger partial charge in [-0.1, -0.05) is 0 Å². The number of unbranched alkanes of at least 4 members (excludes halogenated alkanes) is 1. The first kappa shape index (κ1) is 17.7. The number of quaternary nitrogens is 2. The Morgan fingerprint density at radius 3 is 2.48 bits per heavy atom. The van der Waals surface area contributed by atoms with Gasteiger partial charge >= 0.3 is 0 Å².